The van der Waals surface area contributed by atoms with Crippen LogP contribution in [0.4, 0.5) is 11.4 Å². The van der Waals surface area contributed by atoms with Crippen LogP contribution in [0.15, 0.2) is 90.2 Å². The summed E-state index contributed by atoms with van der Waals surface area (Å²) >= 11 is 0. The Morgan fingerprint density at radius 2 is 1.67 bits per heavy atom. The zero-order chi connectivity index (χ0) is 27.9. The summed E-state index contributed by atoms with van der Waals surface area (Å²) in [7, 11) is 0. The molecule has 1 aliphatic heterocycles. The van der Waals surface area contributed by atoms with E-state index in [0.717, 1.165) is 4.90 Å². The van der Waals surface area contributed by atoms with Crippen molar-refractivity contribution in [1.29, 1.82) is 0 Å². The number of amides is 2. The van der Waals surface area contributed by atoms with Crippen molar-refractivity contribution in [2.45, 2.75) is 37.5 Å². The largest absolute Gasteiger partial charge is 0.512 e. The average Bonchev–Trinajstić information content (AvgIpc) is 3.18. The third kappa shape index (κ3) is 3.89. The van der Waals surface area contributed by atoms with Gasteiger partial charge in [0.05, 0.1) is 28.2 Å². The Kier molecular flexibility index (Phi) is 6.51. The van der Waals surface area contributed by atoms with Crippen molar-refractivity contribution in [2.24, 2.45) is 0 Å². The molecule has 2 amide bonds. The van der Waals surface area contributed by atoms with Crippen LogP contribution >= 0.6 is 0 Å². The van der Waals surface area contributed by atoms with E-state index >= 15 is 0 Å². The molecule has 39 heavy (non-hydrogen) atoms. The van der Waals surface area contributed by atoms with Crippen LogP contribution in [0.3, 0.4) is 0 Å². The van der Waals surface area contributed by atoms with Crippen molar-refractivity contribution in [3.63, 3.8) is 0 Å². The minimum Gasteiger partial charge on any atom is -0.512 e. The highest BCUT2D eigenvalue weighted by Crippen LogP contribution is 2.63. The third-order valence-corrected chi connectivity index (χ3v) is 7.60. The van der Waals surface area contributed by atoms with E-state index in [1.807, 2.05) is 0 Å². The third-order valence-electron chi connectivity index (χ3n) is 7.60. The number of nitro benzene ring substituents is 1. The normalized spacial score (nSPS) is 22.1. The van der Waals surface area contributed by atoms with E-state index in [0.29, 0.717) is 22.4 Å². The van der Waals surface area contributed by atoms with Crippen molar-refractivity contribution in [3.05, 3.63) is 117 Å². The number of carbonyl (C=O) groups is 3. The highest BCUT2D eigenvalue weighted by atomic mass is 16.6. The number of anilines is 1. The second kappa shape index (κ2) is 9.83. The van der Waals surface area contributed by atoms with Gasteiger partial charge in [0.1, 0.15) is 5.76 Å². The van der Waals surface area contributed by atoms with Crippen LogP contribution < -0.4 is 4.90 Å². The van der Waals surface area contributed by atoms with Crippen molar-refractivity contribution < 1.29 is 29.2 Å². The number of non-ortho nitro benzene ring substituents is 1. The topological polar surface area (TPSA) is 127 Å². The van der Waals surface area contributed by atoms with Gasteiger partial charge in [-0.2, -0.15) is 0 Å². The first-order valence-electron chi connectivity index (χ1n) is 12.6. The number of rotatable bonds is 5. The smallest absolute Gasteiger partial charge is 0.338 e. The number of para-hydroxylation sites is 1. The van der Waals surface area contributed by atoms with Crippen LogP contribution in [-0.4, -0.2) is 34.4 Å². The Bertz CT molecular complexity index is 1510. The first-order valence-corrected chi connectivity index (χ1v) is 12.6. The van der Waals surface area contributed by atoms with Crippen LogP contribution in [0.2, 0.25) is 0 Å². The van der Waals surface area contributed by atoms with Gasteiger partial charge in [0.15, 0.2) is 0 Å². The van der Waals surface area contributed by atoms with Gasteiger partial charge in [0, 0.05) is 37.3 Å². The molecule has 9 heteroatoms. The quantitative estimate of drug-likeness (QED) is 0.279. The lowest BCUT2D eigenvalue weighted by Crippen LogP contribution is -2.53. The molecule has 9 nitrogen and oxygen atoms in total. The van der Waals surface area contributed by atoms with Crippen LogP contribution in [0, 0.1) is 10.1 Å². The predicted molar refractivity (Wildman–Crippen MR) is 142 cm³/mol. The summed E-state index contributed by atoms with van der Waals surface area (Å²) in [6.45, 7) is 3.01. The molecule has 0 aromatic heterocycles. The maximum absolute atomic E-state index is 14.7. The van der Waals surface area contributed by atoms with Gasteiger partial charge in [-0.3, -0.25) is 19.7 Å². The number of hydrogen-bond acceptors (Lipinski definition) is 7. The van der Waals surface area contributed by atoms with E-state index in [1.54, 1.807) is 73.7 Å². The highest BCUT2D eigenvalue weighted by Gasteiger charge is 2.65. The Balaban J connectivity index is 1.89. The van der Waals surface area contributed by atoms with Crippen molar-refractivity contribution >= 4 is 29.2 Å². The predicted octanol–water partition coefficient (Wildman–Crippen LogP) is 5.07. The number of allylic oxidation sites excluding steroid dienone is 1. The van der Waals surface area contributed by atoms with Gasteiger partial charge in [0.2, 0.25) is 11.8 Å². The summed E-state index contributed by atoms with van der Waals surface area (Å²) in [5.74, 6) is -3.82. The van der Waals surface area contributed by atoms with Crippen LogP contribution in [0.5, 0.6) is 0 Å². The SMILES string of the molecule is CCOC(=O)C1=C(O)C[C@@H](c2ccc([N+](=O)[O-])cc2)[C@@]2(C(=O)N(C(C)=O)c3ccccc32)[C@@H]1c1ccccc1. The number of aliphatic hydroxyl groups is 1. The molecule has 5 rings (SSSR count). The number of fused-ring (bicyclic) bond motifs is 2. The van der Waals surface area contributed by atoms with Gasteiger partial charge in [0.25, 0.3) is 5.69 Å². The molecule has 0 unspecified atom stereocenters. The highest BCUT2D eigenvalue weighted by molar-refractivity contribution is 6.23. The summed E-state index contributed by atoms with van der Waals surface area (Å²) in [6, 6.07) is 21.6. The fraction of sp³-hybridized carbons (Fsp3) is 0.233. The number of ether oxygens (including phenoxy) is 1. The minimum atomic E-state index is -1.55. The van der Waals surface area contributed by atoms with E-state index in [4.69, 9.17) is 4.74 Å². The van der Waals surface area contributed by atoms with Crippen LogP contribution in [0.1, 0.15) is 48.8 Å². The number of carbonyl (C=O) groups excluding carboxylic acids is 3. The number of hydrogen-bond donors (Lipinski definition) is 1. The maximum Gasteiger partial charge on any atom is 0.338 e. The fourth-order valence-corrected chi connectivity index (χ4v) is 6.14. The standard InChI is InChI=1S/C30H26N2O7/c1-3-39-28(35)26-25(34)17-23(19-13-15-21(16-14-19)32(37)38)30(27(26)20-9-5-4-6-10-20)22-11-7-8-12-24(22)31(18(2)33)29(30)36/h4-16,23,27,34H,3,17H2,1-2H3/t23-,27+,30+/m0/s1. The van der Waals surface area contributed by atoms with Gasteiger partial charge in [-0.05, 0) is 29.7 Å². The van der Waals surface area contributed by atoms with Crippen LogP contribution in [-0.2, 0) is 24.5 Å². The monoisotopic (exact) mass is 526 g/mol. The first kappa shape index (κ1) is 25.8. The van der Waals surface area contributed by atoms with Crippen molar-refractivity contribution in [2.75, 3.05) is 11.5 Å². The Morgan fingerprint density at radius 3 is 2.28 bits per heavy atom. The molecule has 1 N–H and O–H groups in total. The van der Waals surface area contributed by atoms with Gasteiger partial charge in [-0.25, -0.2) is 9.69 Å². The maximum atomic E-state index is 14.7. The molecule has 0 fully saturated rings. The Labute approximate surface area is 224 Å². The molecule has 3 atom stereocenters. The lowest BCUT2D eigenvalue weighted by molar-refractivity contribution is -0.384. The van der Waals surface area contributed by atoms with Gasteiger partial charge < -0.3 is 9.84 Å². The second-order valence-corrected chi connectivity index (χ2v) is 9.58. The van der Waals surface area contributed by atoms with E-state index in [2.05, 4.69) is 0 Å². The average molecular weight is 527 g/mol. The molecule has 3 aromatic carbocycles. The molecular formula is C30H26N2O7. The molecule has 0 radical (unpaired) electrons. The number of nitro groups is 1. The Hall–Kier alpha value is -4.79. The van der Waals surface area contributed by atoms with Crippen molar-refractivity contribution in [3.8, 4) is 0 Å². The number of imide groups is 1. The van der Waals surface area contributed by atoms with E-state index in [-0.39, 0.29) is 30.0 Å². The molecule has 0 saturated heterocycles. The lowest BCUT2D eigenvalue weighted by atomic mass is 9.53. The fourth-order valence-electron chi connectivity index (χ4n) is 6.14. The molecule has 1 heterocycles. The molecule has 3 aromatic rings. The van der Waals surface area contributed by atoms with Gasteiger partial charge in [-0.15, -0.1) is 0 Å². The second-order valence-electron chi connectivity index (χ2n) is 9.58. The number of esters is 1. The first-order chi connectivity index (χ1) is 18.7. The molecule has 0 bridgehead atoms. The molecular weight excluding hydrogens is 500 g/mol. The molecule has 0 saturated carbocycles. The summed E-state index contributed by atoms with van der Waals surface area (Å²) < 4.78 is 5.36. The number of aliphatic hydroxyl groups excluding tert-OH is 1. The summed E-state index contributed by atoms with van der Waals surface area (Å²) in [5, 5.41) is 22.8. The molecule has 198 valence electrons. The minimum absolute atomic E-state index is 0.0465. The lowest BCUT2D eigenvalue weighted by Gasteiger charge is -2.46. The summed E-state index contributed by atoms with van der Waals surface area (Å²) in [4.78, 5) is 53.0. The summed E-state index contributed by atoms with van der Waals surface area (Å²) in [5.41, 5.74) is 0.322. The number of benzene rings is 3. The van der Waals surface area contributed by atoms with Gasteiger partial charge >= 0.3 is 5.97 Å². The Morgan fingerprint density at radius 1 is 1.03 bits per heavy atom. The molecule has 2 aliphatic rings. The molecule has 1 spiro atoms. The zero-order valence-electron chi connectivity index (χ0n) is 21.4. The molecule has 1 aliphatic carbocycles. The summed E-state index contributed by atoms with van der Waals surface area (Å²) in [6.07, 6.45) is -0.124. The zero-order valence-corrected chi connectivity index (χ0v) is 21.4. The van der Waals surface area contributed by atoms with E-state index in [9.17, 15) is 29.6 Å². The van der Waals surface area contributed by atoms with E-state index in [1.165, 1.54) is 19.1 Å². The van der Waals surface area contributed by atoms with Crippen LogP contribution in [0.25, 0.3) is 0 Å². The van der Waals surface area contributed by atoms with Gasteiger partial charge in [-0.1, -0.05) is 60.7 Å². The van der Waals surface area contributed by atoms with Crippen molar-refractivity contribution in [1.82, 2.24) is 0 Å². The number of nitrogens with zero attached hydrogens (tertiary/aromatic N) is 2. The van der Waals surface area contributed by atoms with E-state index < -0.39 is 40.0 Å².